The summed E-state index contributed by atoms with van der Waals surface area (Å²) < 4.78 is 4.92. The standard InChI is InChI=1S/C25H30N2O3/c1-25(2,3)19-12-9-17(10-13-19)11-14-23(28)27-22(24(29)30-4)15-18-16-26-21-8-6-5-7-20(18)21/h5-10,12-13,16,22,26H,11,14-15H2,1-4H3,(H,27,28). The fourth-order valence-electron chi connectivity index (χ4n) is 3.55. The first-order valence-corrected chi connectivity index (χ1v) is 10.3. The minimum Gasteiger partial charge on any atom is -0.467 e. The van der Waals surface area contributed by atoms with Crippen LogP contribution in [0.15, 0.2) is 54.7 Å². The van der Waals surface area contributed by atoms with Crippen LogP contribution in [0.5, 0.6) is 0 Å². The lowest BCUT2D eigenvalue weighted by atomic mass is 9.86. The minimum absolute atomic E-state index is 0.103. The minimum atomic E-state index is -0.718. The molecular weight excluding hydrogens is 376 g/mol. The SMILES string of the molecule is COC(=O)C(Cc1c[nH]c2ccccc12)NC(=O)CCc1ccc(C(C)(C)C)cc1. The molecule has 0 saturated heterocycles. The highest BCUT2D eigenvalue weighted by atomic mass is 16.5. The summed E-state index contributed by atoms with van der Waals surface area (Å²) in [4.78, 5) is 28.0. The molecule has 0 radical (unpaired) electrons. The fourth-order valence-corrected chi connectivity index (χ4v) is 3.55. The number of hydrogen-bond acceptors (Lipinski definition) is 3. The Morgan fingerprint density at radius 3 is 2.43 bits per heavy atom. The van der Waals surface area contributed by atoms with Crippen molar-refractivity contribution in [2.24, 2.45) is 0 Å². The van der Waals surface area contributed by atoms with Crippen molar-refractivity contribution >= 4 is 22.8 Å². The second-order valence-corrected chi connectivity index (χ2v) is 8.65. The van der Waals surface area contributed by atoms with Gasteiger partial charge in [-0.05, 0) is 34.6 Å². The summed E-state index contributed by atoms with van der Waals surface area (Å²) in [7, 11) is 1.34. The number of benzene rings is 2. The van der Waals surface area contributed by atoms with Crippen molar-refractivity contribution in [2.45, 2.75) is 51.5 Å². The molecule has 0 aliphatic carbocycles. The van der Waals surface area contributed by atoms with Crippen LogP contribution in [0.2, 0.25) is 0 Å². The smallest absolute Gasteiger partial charge is 0.328 e. The van der Waals surface area contributed by atoms with E-state index in [9.17, 15) is 9.59 Å². The predicted octanol–water partition coefficient (Wildman–Crippen LogP) is 4.30. The van der Waals surface area contributed by atoms with E-state index in [0.717, 1.165) is 22.0 Å². The van der Waals surface area contributed by atoms with Crippen molar-refractivity contribution in [3.05, 3.63) is 71.4 Å². The Bertz CT molecular complexity index is 1010. The van der Waals surface area contributed by atoms with Gasteiger partial charge in [-0.1, -0.05) is 63.2 Å². The Morgan fingerprint density at radius 1 is 1.07 bits per heavy atom. The maximum atomic E-state index is 12.5. The van der Waals surface area contributed by atoms with Gasteiger partial charge >= 0.3 is 5.97 Å². The molecule has 1 amide bonds. The number of H-pyrrole nitrogens is 1. The van der Waals surface area contributed by atoms with E-state index in [1.807, 2.05) is 30.5 Å². The highest BCUT2D eigenvalue weighted by Crippen LogP contribution is 2.22. The van der Waals surface area contributed by atoms with Crippen LogP contribution in [0, 0.1) is 0 Å². The van der Waals surface area contributed by atoms with Gasteiger partial charge in [0.05, 0.1) is 7.11 Å². The van der Waals surface area contributed by atoms with Gasteiger partial charge in [0.25, 0.3) is 0 Å². The zero-order valence-electron chi connectivity index (χ0n) is 18.1. The normalized spacial score (nSPS) is 12.5. The highest BCUT2D eigenvalue weighted by molar-refractivity contribution is 5.87. The van der Waals surface area contributed by atoms with E-state index in [4.69, 9.17) is 4.74 Å². The lowest BCUT2D eigenvalue weighted by Crippen LogP contribution is -2.43. The number of hydrogen-bond donors (Lipinski definition) is 2. The Morgan fingerprint density at radius 2 is 1.77 bits per heavy atom. The third-order valence-corrected chi connectivity index (χ3v) is 5.38. The van der Waals surface area contributed by atoms with Crippen LogP contribution in [-0.4, -0.2) is 30.0 Å². The number of para-hydroxylation sites is 1. The summed E-state index contributed by atoms with van der Waals surface area (Å²) in [5.41, 5.74) is 4.44. The van der Waals surface area contributed by atoms with E-state index in [2.05, 4.69) is 55.3 Å². The maximum Gasteiger partial charge on any atom is 0.328 e. The molecule has 0 aliphatic rings. The molecule has 0 aliphatic heterocycles. The summed E-state index contributed by atoms with van der Waals surface area (Å²) in [5.74, 6) is -0.603. The van der Waals surface area contributed by atoms with E-state index < -0.39 is 12.0 Å². The van der Waals surface area contributed by atoms with Crippen LogP contribution >= 0.6 is 0 Å². The predicted molar refractivity (Wildman–Crippen MR) is 119 cm³/mol. The third-order valence-electron chi connectivity index (χ3n) is 5.38. The number of ether oxygens (including phenoxy) is 1. The number of carbonyl (C=O) groups is 2. The van der Waals surface area contributed by atoms with Crippen LogP contribution in [-0.2, 0) is 32.6 Å². The van der Waals surface area contributed by atoms with E-state index in [1.165, 1.54) is 12.7 Å². The molecule has 0 saturated carbocycles. The highest BCUT2D eigenvalue weighted by Gasteiger charge is 2.23. The molecular formula is C25H30N2O3. The first kappa shape index (κ1) is 21.6. The van der Waals surface area contributed by atoms with E-state index in [0.29, 0.717) is 19.3 Å². The first-order valence-electron chi connectivity index (χ1n) is 10.3. The molecule has 3 aromatic rings. The lowest BCUT2D eigenvalue weighted by molar-refractivity contribution is -0.145. The summed E-state index contributed by atoms with van der Waals surface area (Å²) in [6.45, 7) is 6.53. The van der Waals surface area contributed by atoms with Crippen molar-refractivity contribution in [1.82, 2.24) is 10.3 Å². The maximum absolute atomic E-state index is 12.5. The molecule has 5 nitrogen and oxygen atoms in total. The van der Waals surface area contributed by atoms with Crippen LogP contribution in [0.4, 0.5) is 0 Å². The second-order valence-electron chi connectivity index (χ2n) is 8.65. The Hall–Kier alpha value is -3.08. The van der Waals surface area contributed by atoms with Gasteiger partial charge in [0.1, 0.15) is 6.04 Å². The summed E-state index contributed by atoms with van der Waals surface area (Å²) in [5, 5.41) is 3.89. The summed E-state index contributed by atoms with van der Waals surface area (Å²) >= 11 is 0. The van der Waals surface area contributed by atoms with Crippen molar-refractivity contribution < 1.29 is 14.3 Å². The number of rotatable bonds is 7. The van der Waals surface area contributed by atoms with Crippen LogP contribution in [0.1, 0.15) is 43.9 Å². The van der Waals surface area contributed by atoms with Crippen LogP contribution < -0.4 is 5.32 Å². The second kappa shape index (κ2) is 9.16. The number of aromatic amines is 1. The number of methoxy groups -OCH3 is 1. The average Bonchev–Trinajstić information content (AvgIpc) is 3.14. The largest absolute Gasteiger partial charge is 0.467 e. The van der Waals surface area contributed by atoms with Crippen molar-refractivity contribution in [2.75, 3.05) is 7.11 Å². The van der Waals surface area contributed by atoms with Gasteiger partial charge in [0.15, 0.2) is 0 Å². The molecule has 1 aromatic heterocycles. The number of esters is 1. The molecule has 2 N–H and O–H groups in total. The number of fused-ring (bicyclic) bond motifs is 1. The molecule has 30 heavy (non-hydrogen) atoms. The number of amides is 1. The van der Waals surface area contributed by atoms with Gasteiger partial charge in [-0.2, -0.15) is 0 Å². The van der Waals surface area contributed by atoms with Crippen molar-refractivity contribution in [3.8, 4) is 0 Å². The van der Waals surface area contributed by atoms with Gasteiger partial charge in [-0.25, -0.2) is 4.79 Å². The number of carbonyl (C=O) groups excluding carboxylic acids is 2. The lowest BCUT2D eigenvalue weighted by Gasteiger charge is -2.19. The molecule has 158 valence electrons. The zero-order valence-corrected chi connectivity index (χ0v) is 18.1. The molecule has 3 rings (SSSR count). The van der Waals surface area contributed by atoms with Gasteiger partial charge in [-0.15, -0.1) is 0 Å². The molecule has 1 atom stereocenters. The zero-order chi connectivity index (χ0) is 21.7. The average molecular weight is 407 g/mol. The molecule has 0 fully saturated rings. The number of nitrogens with one attached hydrogen (secondary N) is 2. The van der Waals surface area contributed by atoms with Crippen LogP contribution in [0.3, 0.4) is 0 Å². The van der Waals surface area contributed by atoms with Crippen molar-refractivity contribution in [1.29, 1.82) is 0 Å². The monoisotopic (exact) mass is 406 g/mol. The van der Waals surface area contributed by atoms with Gasteiger partial charge in [0.2, 0.25) is 5.91 Å². The van der Waals surface area contributed by atoms with E-state index in [-0.39, 0.29) is 11.3 Å². The molecule has 5 heteroatoms. The number of aryl methyl sites for hydroxylation is 1. The van der Waals surface area contributed by atoms with Crippen molar-refractivity contribution in [3.63, 3.8) is 0 Å². The molecule has 1 heterocycles. The first-order chi connectivity index (χ1) is 14.3. The van der Waals surface area contributed by atoms with Gasteiger partial charge in [-0.3, -0.25) is 4.79 Å². The van der Waals surface area contributed by atoms with Gasteiger partial charge < -0.3 is 15.0 Å². The molecule has 1 unspecified atom stereocenters. The molecule has 0 spiro atoms. The van der Waals surface area contributed by atoms with E-state index >= 15 is 0 Å². The Kier molecular flexibility index (Phi) is 6.60. The number of aromatic nitrogens is 1. The van der Waals surface area contributed by atoms with Gasteiger partial charge in [0, 0.05) is 29.9 Å². The van der Waals surface area contributed by atoms with Crippen LogP contribution in [0.25, 0.3) is 10.9 Å². The Labute approximate surface area is 177 Å². The van der Waals surface area contributed by atoms with E-state index in [1.54, 1.807) is 0 Å². The quantitative estimate of drug-likeness (QED) is 0.575. The third kappa shape index (κ3) is 5.29. The molecule has 2 aromatic carbocycles. The Balaban J connectivity index is 1.62. The topological polar surface area (TPSA) is 71.2 Å². The molecule has 0 bridgehead atoms. The summed E-state index contributed by atoms with van der Waals surface area (Å²) in [6.07, 6.45) is 3.19. The fraction of sp³-hybridized carbons (Fsp3) is 0.360. The summed E-state index contributed by atoms with van der Waals surface area (Å²) in [6, 6.07) is 15.5.